The second-order valence-corrected chi connectivity index (χ2v) is 14.9. The molecule has 0 aliphatic heterocycles. The molecule has 0 N–H and O–H groups in total. The molecule has 0 aromatic heterocycles. The summed E-state index contributed by atoms with van der Waals surface area (Å²) < 4.78 is 370. The molecule has 6 aromatic rings. The third-order valence-electron chi connectivity index (χ3n) is 11.1. The van der Waals surface area contributed by atoms with E-state index in [0.717, 1.165) is 0 Å². The van der Waals surface area contributed by atoms with Gasteiger partial charge in [-0.3, -0.25) is 0 Å². The first-order valence-electron chi connectivity index (χ1n) is 19.3. The highest BCUT2D eigenvalue weighted by atomic mass is 19.2. The Labute approximate surface area is 413 Å². The summed E-state index contributed by atoms with van der Waals surface area (Å²) in [6.07, 6.45) is 0. The summed E-state index contributed by atoms with van der Waals surface area (Å²) in [5.74, 6) is -73.1. The predicted molar refractivity (Wildman–Crippen MR) is 209 cm³/mol. The minimum Gasteiger partial charge on any atom is -0.237 e. The fourth-order valence-corrected chi connectivity index (χ4v) is 7.67. The van der Waals surface area contributed by atoms with Crippen LogP contribution in [0.15, 0.2) is 16.7 Å². The van der Waals surface area contributed by atoms with Crippen LogP contribution >= 0.6 is 0 Å². The van der Waals surface area contributed by atoms with E-state index in [1.165, 1.54) is 0 Å². The van der Waals surface area contributed by atoms with E-state index in [4.69, 9.17) is 23.7 Å². The van der Waals surface area contributed by atoms with Crippen molar-refractivity contribution < 1.29 is 105 Å². The number of rotatable bonds is 6. The van der Waals surface area contributed by atoms with E-state index in [1.807, 2.05) is 0 Å². The van der Waals surface area contributed by atoms with Gasteiger partial charge in [0.25, 0.3) is 5.69 Å². The average Bonchev–Trinajstić information content (AvgIpc) is 4.31. The number of halogens is 24. The lowest BCUT2D eigenvalue weighted by Gasteiger charge is -2.14. The van der Waals surface area contributed by atoms with Crippen molar-refractivity contribution in [3.8, 4) is 57.7 Å². The average molecular weight is 1120 g/mol. The van der Waals surface area contributed by atoms with E-state index in [0.29, 0.717) is 24.3 Å². The van der Waals surface area contributed by atoms with E-state index in [2.05, 4.69) is 9.69 Å². The van der Waals surface area contributed by atoms with E-state index in [9.17, 15) is 36.9 Å². The third-order valence-corrected chi connectivity index (χ3v) is 11.1. The number of nitrogens with zero attached hydrogens (tertiary/aromatic N) is 6. The van der Waals surface area contributed by atoms with Gasteiger partial charge in [-0.05, 0) is 16.7 Å². The van der Waals surface area contributed by atoms with Crippen molar-refractivity contribution in [2.45, 2.75) is 0 Å². The van der Waals surface area contributed by atoms with Gasteiger partial charge in [-0.25, -0.2) is 115 Å². The molecule has 0 atom stereocenters. The number of benzene rings is 6. The van der Waals surface area contributed by atoms with Gasteiger partial charge in [0, 0.05) is 0 Å². The number of nitriles is 4. The van der Waals surface area contributed by atoms with Crippen LogP contribution in [-0.2, 0) is 0 Å². The monoisotopic (exact) mass is 1120 g/mol. The Kier molecular flexibility index (Phi) is 13.9. The van der Waals surface area contributed by atoms with E-state index in [-0.39, 0.29) is 0 Å². The molecule has 0 radical (unpaired) electrons. The summed E-state index contributed by atoms with van der Waals surface area (Å²) >= 11 is 0. The van der Waals surface area contributed by atoms with Gasteiger partial charge in [-0.1, -0.05) is 0 Å². The van der Waals surface area contributed by atoms with Crippen molar-refractivity contribution in [3.63, 3.8) is 0 Å². The Bertz CT molecular complexity index is 3650. The molecular formula is C48F24N6. The number of allylic oxidation sites excluding steroid dienone is 5. The molecule has 1 aliphatic carbocycles. The van der Waals surface area contributed by atoms with Crippen LogP contribution in [0.1, 0.15) is 27.8 Å². The van der Waals surface area contributed by atoms with Crippen LogP contribution < -0.4 is 0 Å². The molecule has 0 bridgehead atoms. The fraction of sp³-hybridized carbons (Fsp3) is 0. The first-order chi connectivity index (χ1) is 36.5. The lowest BCUT2D eigenvalue weighted by molar-refractivity contribution is 0.438. The third kappa shape index (κ3) is 7.51. The van der Waals surface area contributed by atoms with E-state index >= 15 is 79.0 Å². The van der Waals surface area contributed by atoms with Gasteiger partial charge in [0.2, 0.25) is 5.70 Å². The van der Waals surface area contributed by atoms with Crippen molar-refractivity contribution >= 4 is 22.5 Å². The first-order valence-corrected chi connectivity index (χ1v) is 19.3. The maximum absolute atomic E-state index is 16.2. The Morgan fingerprint density at radius 1 is 0.282 bits per heavy atom. The lowest BCUT2D eigenvalue weighted by atomic mass is 9.94. The molecule has 6 aromatic carbocycles. The SMILES string of the molecule is [C-]#[N+]/C(=C1/C(=C(\C#N)c2c(F)c(F)c(-c3c(F)c(F)c(C#N)c(F)c3F)c(F)c2F)/C1=C(\C#N)c1c(F)c(F)c(-c2c(F)c(F)c([N+]#[C-])c(F)c2F)c(F)c1F)c1c(F)c(F)c(-c2c(F)c(F)c(C#N)c(F)c2F)c(F)c1F. The van der Waals surface area contributed by atoms with Gasteiger partial charge in [-0.15, -0.1) is 0 Å². The van der Waals surface area contributed by atoms with Crippen LogP contribution in [0.2, 0.25) is 0 Å². The van der Waals surface area contributed by atoms with Crippen LogP contribution in [0, 0.1) is 198 Å². The minimum absolute atomic E-state index is 0.587. The molecule has 30 heteroatoms. The smallest absolute Gasteiger partial charge is 0.237 e. The van der Waals surface area contributed by atoms with Crippen LogP contribution in [0.5, 0.6) is 0 Å². The van der Waals surface area contributed by atoms with Gasteiger partial charge in [0.05, 0.1) is 74.4 Å². The van der Waals surface area contributed by atoms with Crippen LogP contribution in [0.25, 0.3) is 59.9 Å². The van der Waals surface area contributed by atoms with E-state index in [1.54, 1.807) is 0 Å². The predicted octanol–water partition coefficient (Wildman–Crippen LogP) is 14.9. The maximum atomic E-state index is 16.2. The first kappa shape index (κ1) is 55.5. The molecule has 1 aliphatic rings. The van der Waals surface area contributed by atoms with Crippen LogP contribution in [-0.4, -0.2) is 0 Å². The highest BCUT2D eigenvalue weighted by Gasteiger charge is 2.47. The molecule has 0 spiro atoms. The van der Waals surface area contributed by atoms with Gasteiger partial charge in [0.15, 0.2) is 140 Å². The van der Waals surface area contributed by atoms with Gasteiger partial charge < -0.3 is 0 Å². The fourth-order valence-electron chi connectivity index (χ4n) is 7.67. The standard InChI is InChI=1S/C48F24N6/c1-77-47(22-43(69)39(65)19(40(66)44(22)70)17-33(59)25(51)10(6-76)26(52)34(17)60)15-11(7(3-73)13-27(53)35(61)18(36(62)28(13)54)16-31(57)23(49)9(5-75)24(50)32(16)58)12(15)8(4-74)14-29(55)37(63)20(38(64)30(14)56)21-41(67)45(71)48(78-2)46(72)42(21)68/b11-7+,12-8-,47-15-. The van der Waals surface area contributed by atoms with Gasteiger partial charge >= 0.3 is 0 Å². The summed E-state index contributed by atoms with van der Waals surface area (Å²) in [4.78, 5) is 4.48. The molecule has 1 fully saturated rings. The topological polar surface area (TPSA) is 104 Å². The van der Waals surface area contributed by atoms with E-state index < -0.39 is 240 Å². The highest BCUT2D eigenvalue weighted by molar-refractivity contribution is 6.11. The van der Waals surface area contributed by atoms with Crippen molar-refractivity contribution in [3.05, 3.63) is 207 Å². The number of hydrogen-bond donors (Lipinski definition) is 0. The number of hydrogen-bond acceptors (Lipinski definition) is 4. The molecule has 0 saturated heterocycles. The molecule has 7 rings (SSSR count). The Morgan fingerprint density at radius 2 is 0.500 bits per heavy atom. The Balaban J connectivity index is 1.68. The maximum Gasteiger partial charge on any atom is 0.262 e. The lowest BCUT2D eigenvalue weighted by Crippen LogP contribution is -2.11. The molecule has 0 amide bonds. The molecule has 1 saturated carbocycles. The van der Waals surface area contributed by atoms with Crippen molar-refractivity contribution in [1.82, 2.24) is 0 Å². The Morgan fingerprint density at radius 3 is 0.705 bits per heavy atom. The molecule has 0 heterocycles. The van der Waals surface area contributed by atoms with Crippen molar-refractivity contribution in [1.29, 1.82) is 21.0 Å². The zero-order chi connectivity index (χ0) is 58.5. The summed E-state index contributed by atoms with van der Waals surface area (Å²) in [7, 11) is 0. The second kappa shape index (κ2) is 19.5. The largest absolute Gasteiger partial charge is 0.262 e. The zero-order valence-corrected chi connectivity index (χ0v) is 35.8. The quantitative estimate of drug-likeness (QED) is 0.0717. The minimum atomic E-state index is -3.23. The van der Waals surface area contributed by atoms with Gasteiger partial charge in [0.1, 0.15) is 35.4 Å². The van der Waals surface area contributed by atoms with Crippen LogP contribution in [0.3, 0.4) is 0 Å². The molecule has 6 nitrogen and oxygen atoms in total. The molecular weight excluding hydrogens is 1120 g/mol. The summed E-state index contributed by atoms with van der Waals surface area (Å²) in [6.45, 7) is 14.3. The highest BCUT2D eigenvalue weighted by Crippen LogP contribution is 2.59. The summed E-state index contributed by atoms with van der Waals surface area (Å²) in [5, 5.41) is 38.1. The van der Waals surface area contributed by atoms with Crippen molar-refractivity contribution in [2.75, 3.05) is 0 Å². The normalized spacial score (nSPS) is 13.8. The molecule has 78 heavy (non-hydrogen) atoms. The van der Waals surface area contributed by atoms with Crippen molar-refractivity contribution in [2.24, 2.45) is 0 Å². The zero-order valence-electron chi connectivity index (χ0n) is 35.8. The van der Waals surface area contributed by atoms with Gasteiger partial charge in [-0.2, -0.15) is 21.0 Å². The Hall–Kier alpha value is -10.2. The molecule has 0 unspecified atom stereocenters. The second-order valence-electron chi connectivity index (χ2n) is 14.9. The molecule has 390 valence electrons. The summed E-state index contributed by atoms with van der Waals surface area (Å²) in [6, 6.07) is 2.46. The van der Waals surface area contributed by atoms with Crippen LogP contribution in [0.4, 0.5) is 111 Å². The summed E-state index contributed by atoms with van der Waals surface area (Å²) in [5.41, 5.74) is -44.3.